The van der Waals surface area contributed by atoms with Gasteiger partial charge >= 0.3 is 0 Å². The van der Waals surface area contributed by atoms with Crippen molar-refractivity contribution in [2.45, 2.75) is 25.3 Å². The number of amides is 1. The van der Waals surface area contributed by atoms with Crippen molar-refractivity contribution in [3.05, 3.63) is 0 Å². The molecular weight excluding hydrogens is 154 g/mol. The van der Waals surface area contributed by atoms with Crippen LogP contribution in [0.15, 0.2) is 0 Å². The molecule has 1 rings (SSSR count). The van der Waals surface area contributed by atoms with Crippen molar-refractivity contribution >= 4 is 5.91 Å². The molecule has 0 saturated carbocycles. The van der Waals surface area contributed by atoms with Crippen molar-refractivity contribution in [1.29, 1.82) is 0 Å². The molecule has 0 aromatic carbocycles. The lowest BCUT2D eigenvalue weighted by Crippen LogP contribution is -2.49. The standard InChI is InChI=1S/C9H13NO2/c1-3-8(11)10-9(2)4-6-12-7-5-9/h1H,4-7H2,2H3,(H,10,11). The molecule has 3 heteroatoms. The van der Waals surface area contributed by atoms with E-state index < -0.39 is 0 Å². The minimum atomic E-state index is -0.334. The summed E-state index contributed by atoms with van der Waals surface area (Å²) in [6, 6.07) is 0. The molecule has 1 fully saturated rings. The maximum Gasteiger partial charge on any atom is 0.296 e. The van der Waals surface area contributed by atoms with Gasteiger partial charge in [0, 0.05) is 18.8 Å². The number of rotatable bonds is 1. The van der Waals surface area contributed by atoms with Crippen LogP contribution in [0.4, 0.5) is 0 Å². The highest BCUT2D eigenvalue weighted by atomic mass is 16.5. The fourth-order valence-electron chi connectivity index (χ4n) is 1.26. The minimum absolute atomic E-state index is 0.165. The van der Waals surface area contributed by atoms with Crippen LogP contribution in [0.1, 0.15) is 19.8 Å². The third-order valence-electron chi connectivity index (χ3n) is 2.14. The van der Waals surface area contributed by atoms with E-state index in [2.05, 4.69) is 5.32 Å². The highest BCUT2D eigenvalue weighted by Gasteiger charge is 2.28. The summed E-state index contributed by atoms with van der Waals surface area (Å²) in [5.74, 6) is 1.71. The summed E-state index contributed by atoms with van der Waals surface area (Å²) < 4.78 is 5.18. The lowest BCUT2D eigenvalue weighted by atomic mass is 9.92. The lowest BCUT2D eigenvalue weighted by Gasteiger charge is -2.33. The van der Waals surface area contributed by atoms with Crippen molar-refractivity contribution in [2.75, 3.05) is 13.2 Å². The van der Waals surface area contributed by atoms with Crippen LogP contribution in [0.2, 0.25) is 0 Å². The van der Waals surface area contributed by atoms with Gasteiger partial charge in [-0.1, -0.05) is 0 Å². The highest BCUT2D eigenvalue weighted by Crippen LogP contribution is 2.19. The molecule has 12 heavy (non-hydrogen) atoms. The van der Waals surface area contributed by atoms with Gasteiger partial charge in [0.2, 0.25) is 0 Å². The van der Waals surface area contributed by atoms with Gasteiger partial charge in [-0.3, -0.25) is 4.79 Å². The number of hydrogen-bond acceptors (Lipinski definition) is 2. The van der Waals surface area contributed by atoms with Gasteiger partial charge in [-0.05, 0) is 25.7 Å². The first-order valence-electron chi connectivity index (χ1n) is 4.03. The van der Waals surface area contributed by atoms with Crippen LogP contribution in [0, 0.1) is 12.3 Å². The largest absolute Gasteiger partial charge is 0.381 e. The Morgan fingerprint density at radius 2 is 2.17 bits per heavy atom. The molecule has 0 aromatic rings. The highest BCUT2D eigenvalue weighted by molar-refractivity contribution is 5.93. The number of hydrogen-bond donors (Lipinski definition) is 1. The zero-order chi connectivity index (χ0) is 9.03. The second-order valence-corrected chi connectivity index (χ2v) is 3.27. The Morgan fingerprint density at radius 3 is 2.67 bits per heavy atom. The zero-order valence-corrected chi connectivity index (χ0v) is 7.22. The minimum Gasteiger partial charge on any atom is -0.381 e. The molecule has 3 nitrogen and oxygen atoms in total. The molecule has 0 unspecified atom stereocenters. The second kappa shape index (κ2) is 3.59. The molecule has 0 aromatic heterocycles. The fourth-order valence-corrected chi connectivity index (χ4v) is 1.26. The van der Waals surface area contributed by atoms with E-state index in [1.54, 1.807) is 0 Å². The van der Waals surface area contributed by atoms with Crippen LogP contribution in [-0.4, -0.2) is 24.7 Å². The second-order valence-electron chi connectivity index (χ2n) is 3.27. The van der Waals surface area contributed by atoms with Gasteiger partial charge in [0.15, 0.2) is 0 Å². The van der Waals surface area contributed by atoms with E-state index >= 15 is 0 Å². The van der Waals surface area contributed by atoms with E-state index in [0.29, 0.717) is 13.2 Å². The molecule has 1 amide bonds. The molecule has 0 bridgehead atoms. The van der Waals surface area contributed by atoms with E-state index in [0.717, 1.165) is 12.8 Å². The topological polar surface area (TPSA) is 38.3 Å². The molecule has 0 aliphatic carbocycles. The molecule has 1 aliphatic heterocycles. The van der Waals surface area contributed by atoms with Crippen molar-refractivity contribution < 1.29 is 9.53 Å². The molecule has 1 N–H and O–H groups in total. The predicted octanol–water partition coefficient (Wildman–Crippen LogP) is 0.305. The number of ether oxygens (including phenoxy) is 1. The monoisotopic (exact) mass is 167 g/mol. The first-order valence-corrected chi connectivity index (χ1v) is 4.03. The van der Waals surface area contributed by atoms with Crippen LogP contribution in [0.25, 0.3) is 0 Å². The molecule has 1 heterocycles. The third-order valence-corrected chi connectivity index (χ3v) is 2.14. The van der Waals surface area contributed by atoms with Crippen molar-refractivity contribution in [2.24, 2.45) is 0 Å². The Morgan fingerprint density at radius 1 is 1.58 bits per heavy atom. The number of nitrogens with one attached hydrogen (secondary N) is 1. The van der Waals surface area contributed by atoms with Crippen LogP contribution < -0.4 is 5.32 Å². The van der Waals surface area contributed by atoms with Crippen molar-refractivity contribution in [1.82, 2.24) is 5.32 Å². The summed E-state index contributed by atoms with van der Waals surface area (Å²) in [4.78, 5) is 10.9. The average Bonchev–Trinajstić information content (AvgIpc) is 2.05. The number of carbonyl (C=O) groups excluding carboxylic acids is 1. The Kier molecular flexibility index (Phi) is 2.72. The molecule has 0 spiro atoms. The molecule has 0 atom stereocenters. The fraction of sp³-hybridized carbons (Fsp3) is 0.667. The summed E-state index contributed by atoms with van der Waals surface area (Å²) in [5.41, 5.74) is -0.165. The lowest BCUT2D eigenvalue weighted by molar-refractivity contribution is -0.118. The Hall–Kier alpha value is -1.01. The zero-order valence-electron chi connectivity index (χ0n) is 7.22. The summed E-state index contributed by atoms with van der Waals surface area (Å²) in [7, 11) is 0. The maximum atomic E-state index is 10.9. The van der Waals surface area contributed by atoms with Gasteiger partial charge in [0.1, 0.15) is 0 Å². The Labute approximate surface area is 72.5 Å². The van der Waals surface area contributed by atoms with Crippen molar-refractivity contribution in [3.8, 4) is 12.3 Å². The first-order chi connectivity index (χ1) is 5.66. The summed E-state index contributed by atoms with van der Waals surface area (Å²) in [5, 5.41) is 2.79. The molecular formula is C9H13NO2. The van der Waals surface area contributed by atoms with Crippen LogP contribution >= 0.6 is 0 Å². The Balaban J connectivity index is 2.48. The number of terminal acetylenes is 1. The molecule has 1 saturated heterocycles. The molecule has 1 aliphatic rings. The van der Waals surface area contributed by atoms with Gasteiger partial charge in [-0.15, -0.1) is 6.42 Å². The smallest absolute Gasteiger partial charge is 0.296 e. The maximum absolute atomic E-state index is 10.9. The predicted molar refractivity (Wildman–Crippen MR) is 45.4 cm³/mol. The van der Waals surface area contributed by atoms with Gasteiger partial charge < -0.3 is 10.1 Å². The van der Waals surface area contributed by atoms with E-state index in [1.165, 1.54) is 0 Å². The molecule has 0 radical (unpaired) electrons. The normalized spacial score (nSPS) is 21.0. The van der Waals surface area contributed by atoms with Crippen LogP contribution in [0.5, 0.6) is 0 Å². The quantitative estimate of drug-likeness (QED) is 0.571. The third kappa shape index (κ3) is 2.24. The van der Waals surface area contributed by atoms with Gasteiger partial charge in [0.05, 0.1) is 0 Å². The van der Waals surface area contributed by atoms with Crippen LogP contribution in [0.3, 0.4) is 0 Å². The van der Waals surface area contributed by atoms with Gasteiger partial charge in [-0.2, -0.15) is 0 Å². The molecule has 66 valence electrons. The van der Waals surface area contributed by atoms with E-state index in [-0.39, 0.29) is 11.4 Å². The van der Waals surface area contributed by atoms with E-state index in [1.807, 2.05) is 12.8 Å². The van der Waals surface area contributed by atoms with Gasteiger partial charge in [-0.25, -0.2) is 0 Å². The summed E-state index contributed by atoms with van der Waals surface area (Å²) in [6.45, 7) is 3.38. The number of carbonyl (C=O) groups is 1. The van der Waals surface area contributed by atoms with E-state index in [9.17, 15) is 4.79 Å². The van der Waals surface area contributed by atoms with Crippen LogP contribution in [-0.2, 0) is 9.53 Å². The van der Waals surface area contributed by atoms with E-state index in [4.69, 9.17) is 11.2 Å². The Bertz CT molecular complexity index is 211. The van der Waals surface area contributed by atoms with Crippen molar-refractivity contribution in [3.63, 3.8) is 0 Å². The summed E-state index contributed by atoms with van der Waals surface area (Å²) >= 11 is 0. The average molecular weight is 167 g/mol. The van der Waals surface area contributed by atoms with Gasteiger partial charge in [0.25, 0.3) is 5.91 Å². The summed E-state index contributed by atoms with van der Waals surface area (Å²) in [6.07, 6.45) is 6.62. The SMILES string of the molecule is C#CC(=O)NC1(C)CCOCC1. The first kappa shape index (κ1) is 9.08.